The number of benzene rings is 1. The summed E-state index contributed by atoms with van der Waals surface area (Å²) < 4.78 is 37.4. The Bertz CT molecular complexity index is 621. The monoisotopic (exact) mass is 399 g/mol. The van der Waals surface area contributed by atoms with Crippen molar-refractivity contribution in [3.63, 3.8) is 0 Å². The number of hydrogen-bond acceptors (Lipinski definition) is 3. The van der Waals surface area contributed by atoms with Gasteiger partial charge in [-0.2, -0.15) is 13.2 Å². The fourth-order valence-electron chi connectivity index (χ4n) is 3.50. The number of halogens is 3. The minimum Gasteiger partial charge on any atom is -0.348 e. The molecule has 1 atom stereocenters. The molecule has 1 aromatic rings. The quantitative estimate of drug-likeness (QED) is 0.758. The lowest BCUT2D eigenvalue weighted by atomic mass is 9.93. The lowest BCUT2D eigenvalue weighted by molar-refractivity contribution is -0.150. The summed E-state index contributed by atoms with van der Waals surface area (Å²) in [7, 11) is 0. The van der Waals surface area contributed by atoms with Gasteiger partial charge >= 0.3 is 6.18 Å². The van der Waals surface area contributed by atoms with E-state index in [2.05, 4.69) is 57.3 Å². The smallest absolute Gasteiger partial charge is 0.348 e. The molecule has 2 rings (SSSR count). The standard InChI is InChI=1S/C21H32F3N3O/c1-15(2)17-5-7-18(8-6-17)20(16(3)4)25-19(28)13-26-9-11-27(12-10-26)14-21(22,23)24/h5-8,15-16,20H,9-14H2,1-4H3,(H,25,28). The average Bonchev–Trinajstić information content (AvgIpc) is 2.60. The Morgan fingerprint density at radius 1 is 0.964 bits per heavy atom. The van der Waals surface area contributed by atoms with Crippen LogP contribution in [0.4, 0.5) is 13.2 Å². The molecule has 0 bridgehead atoms. The van der Waals surface area contributed by atoms with Gasteiger partial charge in [0.15, 0.2) is 0 Å². The molecule has 7 heteroatoms. The summed E-state index contributed by atoms with van der Waals surface area (Å²) in [4.78, 5) is 15.8. The number of alkyl halides is 3. The van der Waals surface area contributed by atoms with Crippen molar-refractivity contribution in [2.75, 3.05) is 39.3 Å². The third-order valence-electron chi connectivity index (χ3n) is 5.18. The Morgan fingerprint density at radius 2 is 1.46 bits per heavy atom. The number of amides is 1. The second-order valence-corrected chi connectivity index (χ2v) is 8.28. The van der Waals surface area contributed by atoms with Gasteiger partial charge in [-0.25, -0.2) is 0 Å². The normalized spacial score (nSPS) is 17.9. The molecular formula is C21H32F3N3O. The molecule has 1 aliphatic rings. The highest BCUT2D eigenvalue weighted by atomic mass is 19.4. The number of piperazine rings is 1. The van der Waals surface area contributed by atoms with Crippen LogP contribution in [0.3, 0.4) is 0 Å². The summed E-state index contributed by atoms with van der Waals surface area (Å²) in [5.41, 5.74) is 2.33. The van der Waals surface area contributed by atoms with Gasteiger partial charge in [0.2, 0.25) is 5.91 Å². The zero-order chi connectivity index (χ0) is 20.9. The van der Waals surface area contributed by atoms with Crippen LogP contribution in [0.2, 0.25) is 0 Å². The average molecular weight is 400 g/mol. The molecule has 0 radical (unpaired) electrons. The maximum Gasteiger partial charge on any atom is 0.401 e. The van der Waals surface area contributed by atoms with Crippen LogP contribution in [0.1, 0.15) is 50.8 Å². The third kappa shape index (κ3) is 7.09. The topological polar surface area (TPSA) is 35.6 Å². The van der Waals surface area contributed by atoms with Gasteiger partial charge in [-0.15, -0.1) is 0 Å². The molecule has 4 nitrogen and oxygen atoms in total. The highest BCUT2D eigenvalue weighted by molar-refractivity contribution is 5.78. The number of nitrogens with zero attached hydrogens (tertiary/aromatic N) is 2. The van der Waals surface area contributed by atoms with Gasteiger partial charge in [-0.1, -0.05) is 52.0 Å². The van der Waals surface area contributed by atoms with Crippen molar-refractivity contribution in [2.45, 2.75) is 45.8 Å². The van der Waals surface area contributed by atoms with Crippen LogP contribution in [0.5, 0.6) is 0 Å². The molecule has 1 aliphatic heterocycles. The summed E-state index contributed by atoms with van der Waals surface area (Å²) >= 11 is 0. The van der Waals surface area contributed by atoms with Crippen LogP contribution in [-0.4, -0.2) is 61.2 Å². The van der Waals surface area contributed by atoms with Crippen molar-refractivity contribution in [3.05, 3.63) is 35.4 Å². The zero-order valence-electron chi connectivity index (χ0n) is 17.2. The van der Waals surface area contributed by atoms with Crippen LogP contribution >= 0.6 is 0 Å². The number of nitrogens with one attached hydrogen (secondary N) is 1. The van der Waals surface area contributed by atoms with E-state index in [1.54, 1.807) is 0 Å². The molecule has 0 saturated carbocycles. The summed E-state index contributed by atoms with van der Waals surface area (Å²) in [5.74, 6) is 0.602. The second-order valence-electron chi connectivity index (χ2n) is 8.28. The van der Waals surface area contributed by atoms with E-state index in [9.17, 15) is 18.0 Å². The predicted octanol–water partition coefficient (Wildman–Crippen LogP) is 3.80. The number of rotatable bonds is 7. The van der Waals surface area contributed by atoms with Gasteiger partial charge in [0.05, 0.1) is 19.1 Å². The molecular weight excluding hydrogens is 367 g/mol. The van der Waals surface area contributed by atoms with Crippen molar-refractivity contribution in [3.8, 4) is 0 Å². The molecule has 1 amide bonds. The first kappa shape index (κ1) is 22.7. The van der Waals surface area contributed by atoms with Gasteiger partial charge in [-0.05, 0) is 23.0 Å². The summed E-state index contributed by atoms with van der Waals surface area (Å²) in [6, 6.07) is 8.25. The third-order valence-corrected chi connectivity index (χ3v) is 5.18. The summed E-state index contributed by atoms with van der Waals surface area (Å²) in [5, 5.41) is 3.10. The number of hydrogen-bond donors (Lipinski definition) is 1. The van der Waals surface area contributed by atoms with E-state index in [1.165, 1.54) is 10.5 Å². The molecule has 0 aromatic heterocycles. The van der Waals surface area contributed by atoms with Crippen molar-refractivity contribution < 1.29 is 18.0 Å². The van der Waals surface area contributed by atoms with Crippen LogP contribution in [-0.2, 0) is 4.79 Å². The lowest BCUT2D eigenvalue weighted by Gasteiger charge is -2.35. The van der Waals surface area contributed by atoms with Crippen molar-refractivity contribution in [2.24, 2.45) is 5.92 Å². The zero-order valence-corrected chi connectivity index (χ0v) is 17.2. The Balaban J connectivity index is 1.88. The lowest BCUT2D eigenvalue weighted by Crippen LogP contribution is -2.51. The van der Waals surface area contributed by atoms with Crippen molar-refractivity contribution in [1.29, 1.82) is 0 Å². The molecule has 0 spiro atoms. The van der Waals surface area contributed by atoms with Crippen LogP contribution in [0.25, 0.3) is 0 Å². The van der Waals surface area contributed by atoms with Crippen LogP contribution in [0, 0.1) is 5.92 Å². The first-order valence-electron chi connectivity index (χ1n) is 9.96. The predicted molar refractivity (Wildman–Crippen MR) is 105 cm³/mol. The van der Waals surface area contributed by atoms with E-state index in [1.807, 2.05) is 4.90 Å². The van der Waals surface area contributed by atoms with Gasteiger partial charge in [0.25, 0.3) is 0 Å². The molecule has 1 heterocycles. The van der Waals surface area contributed by atoms with Crippen molar-refractivity contribution in [1.82, 2.24) is 15.1 Å². The fraction of sp³-hybridized carbons (Fsp3) is 0.667. The van der Waals surface area contributed by atoms with E-state index >= 15 is 0 Å². The Morgan fingerprint density at radius 3 is 1.93 bits per heavy atom. The first-order chi connectivity index (χ1) is 13.0. The van der Waals surface area contributed by atoms with Gasteiger partial charge in [-0.3, -0.25) is 14.6 Å². The minimum atomic E-state index is -4.17. The Hall–Kier alpha value is -1.60. The molecule has 1 fully saturated rings. The molecule has 1 saturated heterocycles. The molecule has 1 aromatic carbocycles. The van der Waals surface area contributed by atoms with Gasteiger partial charge in [0, 0.05) is 26.2 Å². The van der Waals surface area contributed by atoms with Gasteiger partial charge in [0.1, 0.15) is 0 Å². The number of carbonyl (C=O) groups is 1. The van der Waals surface area contributed by atoms with E-state index in [0.29, 0.717) is 32.1 Å². The molecule has 158 valence electrons. The van der Waals surface area contributed by atoms with E-state index in [-0.39, 0.29) is 24.4 Å². The SMILES string of the molecule is CC(C)c1ccc(C(NC(=O)CN2CCN(CC(F)(F)F)CC2)C(C)C)cc1. The van der Waals surface area contributed by atoms with E-state index in [0.717, 1.165) is 5.56 Å². The Kier molecular flexibility index (Phi) is 7.89. The summed E-state index contributed by atoms with van der Waals surface area (Å²) in [6.45, 7) is 9.36. The van der Waals surface area contributed by atoms with E-state index < -0.39 is 12.7 Å². The second kappa shape index (κ2) is 9.74. The molecule has 1 unspecified atom stereocenters. The largest absolute Gasteiger partial charge is 0.401 e. The van der Waals surface area contributed by atoms with Crippen molar-refractivity contribution >= 4 is 5.91 Å². The molecule has 0 aliphatic carbocycles. The fourth-order valence-corrected chi connectivity index (χ4v) is 3.50. The summed E-state index contributed by atoms with van der Waals surface area (Å²) in [6.07, 6.45) is -4.17. The van der Waals surface area contributed by atoms with Crippen LogP contribution in [0.15, 0.2) is 24.3 Å². The molecule has 1 N–H and O–H groups in total. The molecule has 28 heavy (non-hydrogen) atoms. The first-order valence-corrected chi connectivity index (χ1v) is 9.96. The highest BCUT2D eigenvalue weighted by Gasteiger charge is 2.32. The minimum absolute atomic E-state index is 0.0831. The maximum atomic E-state index is 12.5. The number of carbonyl (C=O) groups excluding carboxylic acids is 1. The highest BCUT2D eigenvalue weighted by Crippen LogP contribution is 2.24. The van der Waals surface area contributed by atoms with Gasteiger partial charge < -0.3 is 5.32 Å². The van der Waals surface area contributed by atoms with E-state index in [4.69, 9.17) is 0 Å². The van der Waals surface area contributed by atoms with Crippen LogP contribution < -0.4 is 5.32 Å². The Labute approximate surface area is 166 Å². The maximum absolute atomic E-state index is 12.5.